The van der Waals surface area contributed by atoms with E-state index in [0.717, 1.165) is 16.8 Å². The van der Waals surface area contributed by atoms with E-state index in [4.69, 9.17) is 23.2 Å². The standard InChI is InChI=1S/C20H16Cl2N4O2/c21-15-3-1-2-14(19(15)22)11-26-17(8-9-23-26)25-20(28)13-4-6-16-12(10-13)5-7-18(27)24-16/h1-4,6,8-10H,5,7,11H2,(H,24,27)(H,25,28). The molecule has 142 valence electrons. The smallest absolute Gasteiger partial charge is 0.256 e. The first-order valence-corrected chi connectivity index (χ1v) is 9.45. The summed E-state index contributed by atoms with van der Waals surface area (Å²) in [6, 6.07) is 12.4. The molecule has 8 heteroatoms. The zero-order valence-electron chi connectivity index (χ0n) is 14.7. The van der Waals surface area contributed by atoms with E-state index in [1.54, 1.807) is 41.2 Å². The van der Waals surface area contributed by atoms with E-state index in [2.05, 4.69) is 15.7 Å². The number of halogens is 2. The summed E-state index contributed by atoms with van der Waals surface area (Å²) in [5.41, 5.74) is 3.03. The van der Waals surface area contributed by atoms with E-state index in [9.17, 15) is 9.59 Å². The molecule has 1 aliphatic rings. The van der Waals surface area contributed by atoms with Crippen molar-refractivity contribution < 1.29 is 9.59 Å². The molecule has 0 aliphatic carbocycles. The molecule has 6 nitrogen and oxygen atoms in total. The number of aromatic nitrogens is 2. The topological polar surface area (TPSA) is 76.0 Å². The minimum Gasteiger partial charge on any atom is -0.326 e. The fourth-order valence-electron chi connectivity index (χ4n) is 3.11. The molecule has 0 fully saturated rings. The lowest BCUT2D eigenvalue weighted by atomic mass is 10.00. The predicted octanol–water partition coefficient (Wildman–Crippen LogP) is 4.38. The Hall–Kier alpha value is -2.83. The van der Waals surface area contributed by atoms with Gasteiger partial charge in [0.1, 0.15) is 5.82 Å². The molecule has 2 amide bonds. The number of nitrogens with zero attached hydrogens (tertiary/aromatic N) is 2. The van der Waals surface area contributed by atoms with Crippen molar-refractivity contribution in [3.63, 3.8) is 0 Å². The van der Waals surface area contributed by atoms with Crippen LogP contribution >= 0.6 is 23.2 Å². The number of carbonyl (C=O) groups excluding carboxylic acids is 2. The van der Waals surface area contributed by atoms with Crippen LogP contribution in [0, 0.1) is 0 Å². The third kappa shape index (κ3) is 3.74. The van der Waals surface area contributed by atoms with E-state index in [1.807, 2.05) is 12.1 Å². The summed E-state index contributed by atoms with van der Waals surface area (Å²) in [5.74, 6) is 0.291. The Morgan fingerprint density at radius 2 is 2.04 bits per heavy atom. The molecule has 28 heavy (non-hydrogen) atoms. The summed E-state index contributed by atoms with van der Waals surface area (Å²) in [6.45, 7) is 0.373. The largest absolute Gasteiger partial charge is 0.326 e. The molecule has 0 saturated carbocycles. The van der Waals surface area contributed by atoms with Crippen LogP contribution in [0.4, 0.5) is 11.5 Å². The maximum Gasteiger partial charge on any atom is 0.256 e. The normalized spacial score (nSPS) is 13.0. The van der Waals surface area contributed by atoms with Crippen LogP contribution in [0.15, 0.2) is 48.7 Å². The number of aryl methyl sites for hydroxylation is 1. The number of rotatable bonds is 4. The Morgan fingerprint density at radius 1 is 1.18 bits per heavy atom. The number of carbonyl (C=O) groups is 2. The van der Waals surface area contributed by atoms with Gasteiger partial charge in [-0.3, -0.25) is 9.59 Å². The van der Waals surface area contributed by atoms with E-state index < -0.39 is 0 Å². The number of amides is 2. The maximum absolute atomic E-state index is 12.7. The number of hydrogen-bond acceptors (Lipinski definition) is 3. The van der Waals surface area contributed by atoms with Gasteiger partial charge in [-0.2, -0.15) is 5.10 Å². The maximum atomic E-state index is 12.7. The second kappa shape index (κ2) is 7.66. The second-order valence-electron chi connectivity index (χ2n) is 6.46. The molecular weight excluding hydrogens is 399 g/mol. The van der Waals surface area contributed by atoms with Crippen molar-refractivity contribution in [1.29, 1.82) is 0 Å². The fourth-order valence-corrected chi connectivity index (χ4v) is 3.49. The molecular formula is C20H16Cl2N4O2. The Labute approximate surface area is 171 Å². The lowest BCUT2D eigenvalue weighted by Gasteiger charge is -2.17. The second-order valence-corrected chi connectivity index (χ2v) is 7.25. The molecule has 1 aromatic heterocycles. The first-order valence-electron chi connectivity index (χ1n) is 8.70. The van der Waals surface area contributed by atoms with Gasteiger partial charge >= 0.3 is 0 Å². The third-order valence-electron chi connectivity index (χ3n) is 4.57. The Bertz CT molecular complexity index is 1080. The van der Waals surface area contributed by atoms with Crippen molar-refractivity contribution >= 4 is 46.5 Å². The van der Waals surface area contributed by atoms with Gasteiger partial charge in [-0.15, -0.1) is 0 Å². The number of fused-ring (bicyclic) bond motifs is 1. The van der Waals surface area contributed by atoms with Crippen molar-refractivity contribution in [1.82, 2.24) is 9.78 Å². The minimum atomic E-state index is -0.251. The highest BCUT2D eigenvalue weighted by Gasteiger charge is 2.17. The Kier molecular flexibility index (Phi) is 5.07. The molecule has 0 atom stereocenters. The summed E-state index contributed by atoms with van der Waals surface area (Å²) in [6.07, 6.45) is 2.65. The SMILES string of the molecule is O=C1CCc2cc(C(=O)Nc3ccnn3Cc3cccc(Cl)c3Cl)ccc2N1. The molecule has 0 spiro atoms. The first-order chi connectivity index (χ1) is 13.5. The number of nitrogens with one attached hydrogen (secondary N) is 2. The third-order valence-corrected chi connectivity index (χ3v) is 5.43. The van der Waals surface area contributed by atoms with Crippen molar-refractivity contribution in [3.8, 4) is 0 Å². The molecule has 0 unspecified atom stereocenters. The van der Waals surface area contributed by atoms with Crippen LogP contribution in [0.3, 0.4) is 0 Å². The van der Waals surface area contributed by atoms with Gasteiger partial charge in [0.25, 0.3) is 5.91 Å². The molecule has 1 aliphatic heterocycles. The predicted molar refractivity (Wildman–Crippen MR) is 109 cm³/mol. The van der Waals surface area contributed by atoms with Gasteiger partial charge in [-0.25, -0.2) is 4.68 Å². The molecule has 2 N–H and O–H groups in total. The van der Waals surface area contributed by atoms with Gasteiger partial charge in [0.2, 0.25) is 5.91 Å². The molecule has 0 saturated heterocycles. The first kappa shape index (κ1) is 18.5. The van der Waals surface area contributed by atoms with Gasteiger partial charge in [0.15, 0.2) is 0 Å². The zero-order valence-corrected chi connectivity index (χ0v) is 16.2. The van der Waals surface area contributed by atoms with E-state index >= 15 is 0 Å². The van der Waals surface area contributed by atoms with E-state index in [-0.39, 0.29) is 11.8 Å². The summed E-state index contributed by atoms with van der Waals surface area (Å²) in [4.78, 5) is 24.2. The van der Waals surface area contributed by atoms with Crippen LogP contribution in [-0.4, -0.2) is 21.6 Å². The van der Waals surface area contributed by atoms with Crippen LogP contribution < -0.4 is 10.6 Å². The van der Waals surface area contributed by atoms with Crippen LogP contribution in [0.5, 0.6) is 0 Å². The minimum absolute atomic E-state index is 0.00622. The quantitative estimate of drug-likeness (QED) is 0.664. The lowest BCUT2D eigenvalue weighted by molar-refractivity contribution is -0.116. The van der Waals surface area contributed by atoms with Crippen molar-refractivity contribution in [2.75, 3.05) is 10.6 Å². The summed E-state index contributed by atoms with van der Waals surface area (Å²) in [5, 5.41) is 10.9. The summed E-state index contributed by atoms with van der Waals surface area (Å²) >= 11 is 12.3. The Morgan fingerprint density at radius 3 is 2.89 bits per heavy atom. The number of hydrogen-bond donors (Lipinski definition) is 2. The molecule has 0 radical (unpaired) electrons. The molecule has 2 aromatic carbocycles. The average Bonchev–Trinajstić information content (AvgIpc) is 3.11. The zero-order chi connectivity index (χ0) is 19.7. The van der Waals surface area contributed by atoms with Crippen molar-refractivity contribution in [2.45, 2.75) is 19.4 Å². The molecule has 4 rings (SSSR count). The van der Waals surface area contributed by atoms with Crippen molar-refractivity contribution in [2.24, 2.45) is 0 Å². The van der Waals surface area contributed by atoms with E-state index in [0.29, 0.717) is 40.8 Å². The Balaban J connectivity index is 1.53. The van der Waals surface area contributed by atoms with Gasteiger partial charge in [0.05, 0.1) is 22.8 Å². The van der Waals surface area contributed by atoms with Crippen LogP contribution in [-0.2, 0) is 17.8 Å². The molecule has 3 aromatic rings. The van der Waals surface area contributed by atoms with Gasteiger partial charge in [0, 0.05) is 23.7 Å². The number of benzene rings is 2. The molecule has 0 bridgehead atoms. The van der Waals surface area contributed by atoms with Crippen LogP contribution in [0.1, 0.15) is 27.9 Å². The highest BCUT2D eigenvalue weighted by molar-refractivity contribution is 6.42. The van der Waals surface area contributed by atoms with E-state index in [1.165, 1.54) is 0 Å². The highest BCUT2D eigenvalue weighted by Crippen LogP contribution is 2.27. The van der Waals surface area contributed by atoms with Crippen LogP contribution in [0.25, 0.3) is 0 Å². The molecule has 2 heterocycles. The van der Waals surface area contributed by atoms with Gasteiger partial charge in [-0.1, -0.05) is 35.3 Å². The average molecular weight is 415 g/mol. The summed E-state index contributed by atoms with van der Waals surface area (Å²) < 4.78 is 1.65. The fraction of sp³-hybridized carbons (Fsp3) is 0.150. The lowest BCUT2D eigenvalue weighted by Crippen LogP contribution is -2.20. The van der Waals surface area contributed by atoms with Gasteiger partial charge in [-0.05, 0) is 41.8 Å². The number of anilines is 2. The monoisotopic (exact) mass is 414 g/mol. The summed E-state index contributed by atoms with van der Waals surface area (Å²) in [7, 11) is 0. The van der Waals surface area contributed by atoms with Crippen LogP contribution in [0.2, 0.25) is 10.0 Å². The van der Waals surface area contributed by atoms with Gasteiger partial charge < -0.3 is 10.6 Å². The highest BCUT2D eigenvalue weighted by atomic mass is 35.5. The van der Waals surface area contributed by atoms with Crippen molar-refractivity contribution in [3.05, 3.63) is 75.4 Å².